The molecule has 0 atom stereocenters. The lowest BCUT2D eigenvalue weighted by Gasteiger charge is -2.32. The van der Waals surface area contributed by atoms with Crippen LogP contribution in [0.15, 0.2) is 41.6 Å². The molecular formula is C20H23FN2O2. The van der Waals surface area contributed by atoms with Gasteiger partial charge in [0.1, 0.15) is 11.6 Å². The molecule has 1 saturated heterocycles. The van der Waals surface area contributed by atoms with Crippen molar-refractivity contribution >= 4 is 6.21 Å². The smallest absolute Gasteiger partial charge is 0.128 e. The largest absolute Gasteiger partial charge is 0.507 e. The number of rotatable bonds is 4. The Labute approximate surface area is 147 Å². The topological polar surface area (TPSA) is 56.1 Å². The number of phenols is 1. The van der Waals surface area contributed by atoms with Crippen molar-refractivity contribution in [3.05, 3.63) is 64.5 Å². The summed E-state index contributed by atoms with van der Waals surface area (Å²) in [4.78, 5) is 2.31. The molecule has 2 aromatic rings. The summed E-state index contributed by atoms with van der Waals surface area (Å²) in [6.07, 6.45) is 3.29. The molecule has 2 aromatic carbocycles. The van der Waals surface area contributed by atoms with Crippen LogP contribution in [0.3, 0.4) is 0 Å². The lowest BCUT2D eigenvalue weighted by molar-refractivity contribution is 0.202. The Morgan fingerprint density at radius 3 is 2.52 bits per heavy atom. The van der Waals surface area contributed by atoms with Crippen LogP contribution < -0.4 is 0 Å². The van der Waals surface area contributed by atoms with Crippen LogP contribution in [0.5, 0.6) is 5.75 Å². The van der Waals surface area contributed by atoms with E-state index >= 15 is 0 Å². The maximum absolute atomic E-state index is 13.1. The number of phenolic OH excluding ortho intramolecular Hbond substituents is 1. The van der Waals surface area contributed by atoms with Gasteiger partial charge in [-0.3, -0.25) is 4.90 Å². The highest BCUT2D eigenvalue weighted by molar-refractivity contribution is 5.84. The first-order valence-electron chi connectivity index (χ1n) is 8.54. The predicted molar refractivity (Wildman–Crippen MR) is 95.9 cm³/mol. The molecule has 1 aliphatic rings. The number of benzene rings is 2. The zero-order valence-electron chi connectivity index (χ0n) is 14.3. The summed E-state index contributed by atoms with van der Waals surface area (Å²) in [6.45, 7) is 4.48. The SMILES string of the molecule is Cc1cc(/C=N/O)c(O)c(CN2CCC(c3ccc(F)cc3)CC2)c1. The Hall–Kier alpha value is -2.40. The van der Waals surface area contributed by atoms with Crippen molar-refractivity contribution in [1.82, 2.24) is 4.90 Å². The van der Waals surface area contributed by atoms with Crippen LogP contribution in [0.4, 0.5) is 4.39 Å². The van der Waals surface area contributed by atoms with Gasteiger partial charge in [-0.05, 0) is 68.1 Å². The Morgan fingerprint density at radius 2 is 1.88 bits per heavy atom. The molecule has 0 aliphatic carbocycles. The van der Waals surface area contributed by atoms with Crippen molar-refractivity contribution in [3.63, 3.8) is 0 Å². The number of aryl methyl sites for hydroxylation is 1. The number of oxime groups is 1. The maximum Gasteiger partial charge on any atom is 0.128 e. The fourth-order valence-electron chi connectivity index (χ4n) is 3.57. The average molecular weight is 342 g/mol. The monoisotopic (exact) mass is 342 g/mol. The molecule has 1 aliphatic heterocycles. The first-order valence-corrected chi connectivity index (χ1v) is 8.54. The Bertz CT molecular complexity index is 751. The van der Waals surface area contributed by atoms with Crippen LogP contribution in [0.25, 0.3) is 0 Å². The molecule has 0 bridgehead atoms. The lowest BCUT2D eigenvalue weighted by Crippen LogP contribution is -2.32. The van der Waals surface area contributed by atoms with E-state index in [1.165, 1.54) is 23.9 Å². The molecule has 2 N–H and O–H groups in total. The fourth-order valence-corrected chi connectivity index (χ4v) is 3.57. The van der Waals surface area contributed by atoms with E-state index in [1.807, 2.05) is 25.1 Å². The zero-order valence-corrected chi connectivity index (χ0v) is 14.3. The highest BCUT2D eigenvalue weighted by Crippen LogP contribution is 2.30. The molecule has 4 nitrogen and oxygen atoms in total. The second-order valence-electron chi connectivity index (χ2n) is 6.71. The summed E-state index contributed by atoms with van der Waals surface area (Å²) in [5.41, 5.74) is 3.58. The predicted octanol–water partition coefficient (Wildman–Crippen LogP) is 4.03. The molecule has 1 heterocycles. The summed E-state index contributed by atoms with van der Waals surface area (Å²) in [7, 11) is 0. The van der Waals surface area contributed by atoms with Crippen molar-refractivity contribution in [2.45, 2.75) is 32.2 Å². The normalized spacial score (nSPS) is 16.6. The second kappa shape index (κ2) is 7.66. The van der Waals surface area contributed by atoms with Gasteiger partial charge in [0.25, 0.3) is 0 Å². The standard InChI is InChI=1S/C20H23FN2O2/c1-14-10-17(12-22-25)20(24)18(11-14)13-23-8-6-16(7-9-23)15-2-4-19(21)5-3-15/h2-5,10-12,16,24-25H,6-9,13H2,1H3/b22-12+. The molecule has 5 heteroatoms. The van der Waals surface area contributed by atoms with Gasteiger partial charge in [0, 0.05) is 17.7 Å². The number of likely N-dealkylation sites (tertiary alicyclic amines) is 1. The third-order valence-corrected chi connectivity index (χ3v) is 4.88. The molecule has 132 valence electrons. The Balaban J connectivity index is 1.65. The molecule has 0 radical (unpaired) electrons. The molecule has 0 unspecified atom stereocenters. The van der Waals surface area contributed by atoms with E-state index in [-0.39, 0.29) is 11.6 Å². The van der Waals surface area contributed by atoms with E-state index in [1.54, 1.807) is 6.07 Å². The fraction of sp³-hybridized carbons (Fsp3) is 0.350. The number of piperidine rings is 1. The Morgan fingerprint density at radius 1 is 1.20 bits per heavy atom. The van der Waals surface area contributed by atoms with Gasteiger partial charge < -0.3 is 10.3 Å². The number of hydrogen-bond acceptors (Lipinski definition) is 4. The Kier molecular flexibility index (Phi) is 5.34. The van der Waals surface area contributed by atoms with Crippen molar-refractivity contribution in [2.75, 3.05) is 13.1 Å². The van der Waals surface area contributed by atoms with Crippen LogP contribution in [-0.2, 0) is 6.54 Å². The average Bonchev–Trinajstić information content (AvgIpc) is 2.61. The molecule has 25 heavy (non-hydrogen) atoms. The van der Waals surface area contributed by atoms with Crippen molar-refractivity contribution in [3.8, 4) is 5.75 Å². The summed E-state index contributed by atoms with van der Waals surface area (Å²) >= 11 is 0. The van der Waals surface area contributed by atoms with E-state index in [0.29, 0.717) is 18.0 Å². The highest BCUT2D eigenvalue weighted by Gasteiger charge is 2.21. The molecular weight excluding hydrogens is 319 g/mol. The van der Waals surface area contributed by atoms with Gasteiger partial charge in [0.2, 0.25) is 0 Å². The van der Waals surface area contributed by atoms with Gasteiger partial charge in [0.05, 0.1) is 6.21 Å². The molecule has 1 fully saturated rings. The lowest BCUT2D eigenvalue weighted by atomic mass is 9.89. The minimum Gasteiger partial charge on any atom is -0.507 e. The summed E-state index contributed by atoms with van der Waals surface area (Å²) in [6, 6.07) is 10.6. The first-order chi connectivity index (χ1) is 12.1. The summed E-state index contributed by atoms with van der Waals surface area (Å²) in [5, 5.41) is 22.1. The van der Waals surface area contributed by atoms with Gasteiger partial charge >= 0.3 is 0 Å². The van der Waals surface area contributed by atoms with Gasteiger partial charge in [-0.15, -0.1) is 0 Å². The molecule has 0 aromatic heterocycles. The van der Waals surface area contributed by atoms with Crippen molar-refractivity contribution in [1.29, 1.82) is 0 Å². The van der Waals surface area contributed by atoms with E-state index in [4.69, 9.17) is 5.21 Å². The van der Waals surface area contributed by atoms with Crippen molar-refractivity contribution < 1.29 is 14.7 Å². The maximum atomic E-state index is 13.1. The van der Waals surface area contributed by atoms with Crippen LogP contribution >= 0.6 is 0 Å². The highest BCUT2D eigenvalue weighted by atomic mass is 19.1. The van der Waals surface area contributed by atoms with E-state index in [2.05, 4.69) is 10.1 Å². The zero-order chi connectivity index (χ0) is 17.8. The van der Waals surface area contributed by atoms with Gasteiger partial charge in [0.15, 0.2) is 0 Å². The molecule has 0 amide bonds. The van der Waals surface area contributed by atoms with Crippen LogP contribution in [-0.4, -0.2) is 34.5 Å². The third-order valence-electron chi connectivity index (χ3n) is 4.88. The quantitative estimate of drug-likeness (QED) is 0.501. The number of halogens is 1. The molecule has 0 saturated carbocycles. The van der Waals surface area contributed by atoms with Crippen molar-refractivity contribution in [2.24, 2.45) is 5.16 Å². The number of hydrogen-bond donors (Lipinski definition) is 2. The van der Waals surface area contributed by atoms with Crippen LogP contribution in [0.2, 0.25) is 0 Å². The third kappa shape index (κ3) is 4.17. The van der Waals surface area contributed by atoms with Gasteiger partial charge in [-0.2, -0.15) is 0 Å². The van der Waals surface area contributed by atoms with E-state index in [0.717, 1.165) is 37.1 Å². The minimum atomic E-state index is -0.196. The van der Waals surface area contributed by atoms with Gasteiger partial charge in [-0.25, -0.2) is 4.39 Å². The molecule has 0 spiro atoms. The second-order valence-corrected chi connectivity index (χ2v) is 6.71. The van der Waals surface area contributed by atoms with Gasteiger partial charge in [-0.1, -0.05) is 23.4 Å². The molecule has 3 rings (SSSR count). The van der Waals surface area contributed by atoms with Crippen LogP contribution in [0.1, 0.15) is 41.0 Å². The van der Waals surface area contributed by atoms with E-state index < -0.39 is 0 Å². The first kappa shape index (κ1) is 17.4. The minimum absolute atomic E-state index is 0.170. The van der Waals surface area contributed by atoms with E-state index in [9.17, 15) is 9.50 Å². The number of aromatic hydroxyl groups is 1. The summed E-state index contributed by atoms with van der Waals surface area (Å²) < 4.78 is 13.1. The number of nitrogens with zero attached hydrogens (tertiary/aromatic N) is 2. The van der Waals surface area contributed by atoms with Crippen LogP contribution in [0, 0.1) is 12.7 Å². The summed E-state index contributed by atoms with van der Waals surface area (Å²) in [5.74, 6) is 0.433.